The molecule has 0 bridgehead atoms. The summed E-state index contributed by atoms with van der Waals surface area (Å²) in [6, 6.07) is 9.22. The number of hydrogen-bond acceptors (Lipinski definition) is 4. The third-order valence-electron chi connectivity index (χ3n) is 2.73. The Morgan fingerprint density at radius 3 is 2.67 bits per heavy atom. The Hall–Kier alpha value is -2.27. The van der Waals surface area contributed by atoms with Crippen molar-refractivity contribution in [3.63, 3.8) is 0 Å². The second-order valence-corrected chi connectivity index (χ2v) is 4.77. The Bertz CT molecular complexity index is 629. The van der Waals surface area contributed by atoms with Gasteiger partial charge in [0.15, 0.2) is 0 Å². The summed E-state index contributed by atoms with van der Waals surface area (Å²) in [5.74, 6) is 0.431. The highest BCUT2D eigenvalue weighted by atomic mass is 35.5. The van der Waals surface area contributed by atoms with Crippen LogP contribution in [-0.2, 0) is 4.74 Å². The minimum atomic E-state index is -0.518. The minimum absolute atomic E-state index is 0.319. The number of hydrogen-bond donors (Lipinski definition) is 2. The number of benzene rings is 1. The molecule has 0 fully saturated rings. The molecule has 1 heterocycles. The number of aryl methyl sites for hydroxylation is 1. The predicted molar refractivity (Wildman–Crippen MR) is 84.4 cm³/mol. The van der Waals surface area contributed by atoms with Crippen LogP contribution in [0, 0.1) is 6.92 Å². The second-order valence-electron chi connectivity index (χ2n) is 4.37. The Morgan fingerprint density at radius 2 is 2.05 bits per heavy atom. The number of ether oxygens (including phenoxy) is 1. The zero-order valence-electron chi connectivity index (χ0n) is 11.8. The van der Waals surface area contributed by atoms with Gasteiger partial charge in [-0.3, -0.25) is 5.32 Å². The summed E-state index contributed by atoms with van der Waals surface area (Å²) in [5, 5.41) is 6.42. The number of anilines is 3. The molecule has 0 saturated heterocycles. The van der Waals surface area contributed by atoms with Gasteiger partial charge in [-0.2, -0.15) is 0 Å². The van der Waals surface area contributed by atoms with Gasteiger partial charge >= 0.3 is 6.09 Å². The molecular formula is C15H16ClN3O2. The first-order chi connectivity index (χ1) is 10.1. The first-order valence-corrected chi connectivity index (χ1v) is 6.89. The normalized spacial score (nSPS) is 10.0. The first kappa shape index (κ1) is 15.1. The Morgan fingerprint density at radius 1 is 1.29 bits per heavy atom. The number of halogens is 1. The minimum Gasteiger partial charge on any atom is -0.450 e. The van der Waals surface area contributed by atoms with Crippen LogP contribution in [0.4, 0.5) is 22.0 Å². The van der Waals surface area contributed by atoms with Crippen LogP contribution in [0.5, 0.6) is 0 Å². The number of carbonyl (C=O) groups is 1. The van der Waals surface area contributed by atoms with Crippen molar-refractivity contribution in [2.75, 3.05) is 17.2 Å². The highest BCUT2D eigenvalue weighted by Crippen LogP contribution is 2.23. The van der Waals surface area contributed by atoms with Crippen LogP contribution in [-0.4, -0.2) is 17.7 Å². The van der Waals surface area contributed by atoms with Crippen LogP contribution in [0.3, 0.4) is 0 Å². The van der Waals surface area contributed by atoms with Crippen molar-refractivity contribution in [2.45, 2.75) is 13.8 Å². The number of aromatic nitrogens is 1. The van der Waals surface area contributed by atoms with Gasteiger partial charge in [-0.05, 0) is 43.7 Å². The molecule has 0 spiro atoms. The fraction of sp³-hybridized carbons (Fsp3) is 0.200. The van der Waals surface area contributed by atoms with E-state index < -0.39 is 6.09 Å². The van der Waals surface area contributed by atoms with E-state index in [4.69, 9.17) is 16.3 Å². The van der Waals surface area contributed by atoms with E-state index in [2.05, 4.69) is 15.6 Å². The van der Waals surface area contributed by atoms with Crippen LogP contribution in [0.15, 0.2) is 36.5 Å². The fourth-order valence-corrected chi connectivity index (χ4v) is 1.83. The van der Waals surface area contributed by atoms with Gasteiger partial charge in [-0.1, -0.05) is 17.7 Å². The molecule has 1 aromatic heterocycles. The number of amides is 1. The van der Waals surface area contributed by atoms with E-state index in [9.17, 15) is 4.79 Å². The van der Waals surface area contributed by atoms with Gasteiger partial charge in [0, 0.05) is 10.7 Å². The standard InChI is InChI=1S/C15H16ClN3O2/c1-3-21-15(20)19-14-7-6-12(9-17-14)18-11-5-4-10(2)13(16)8-11/h4-9,18H,3H2,1-2H3,(H,17,19,20). The molecule has 5 nitrogen and oxygen atoms in total. The van der Waals surface area contributed by atoms with Gasteiger partial charge < -0.3 is 10.1 Å². The smallest absolute Gasteiger partial charge is 0.412 e. The fourth-order valence-electron chi connectivity index (χ4n) is 1.65. The molecule has 2 N–H and O–H groups in total. The number of rotatable bonds is 4. The molecule has 2 aromatic rings. The molecule has 1 aromatic carbocycles. The largest absolute Gasteiger partial charge is 0.450 e. The SMILES string of the molecule is CCOC(=O)Nc1ccc(Nc2ccc(C)c(Cl)c2)cn1. The topological polar surface area (TPSA) is 63.2 Å². The van der Waals surface area contributed by atoms with Crippen LogP contribution in [0.1, 0.15) is 12.5 Å². The lowest BCUT2D eigenvalue weighted by molar-refractivity contribution is 0.168. The lowest BCUT2D eigenvalue weighted by atomic mass is 10.2. The van der Waals surface area contributed by atoms with E-state index in [1.807, 2.05) is 31.2 Å². The third kappa shape index (κ3) is 4.36. The third-order valence-corrected chi connectivity index (χ3v) is 3.14. The molecule has 0 aliphatic carbocycles. The van der Waals surface area contributed by atoms with E-state index >= 15 is 0 Å². The van der Waals surface area contributed by atoms with Crippen molar-refractivity contribution < 1.29 is 9.53 Å². The van der Waals surface area contributed by atoms with E-state index in [0.717, 1.165) is 16.9 Å². The van der Waals surface area contributed by atoms with E-state index in [0.29, 0.717) is 17.4 Å². The monoisotopic (exact) mass is 305 g/mol. The van der Waals surface area contributed by atoms with Crippen LogP contribution < -0.4 is 10.6 Å². The van der Waals surface area contributed by atoms with Crippen LogP contribution in [0.25, 0.3) is 0 Å². The van der Waals surface area contributed by atoms with Crippen molar-refractivity contribution in [1.82, 2.24) is 4.98 Å². The quantitative estimate of drug-likeness (QED) is 0.881. The molecule has 1 amide bonds. The van der Waals surface area contributed by atoms with Crippen molar-refractivity contribution >= 4 is 34.9 Å². The summed E-state index contributed by atoms with van der Waals surface area (Å²) >= 11 is 6.08. The molecule has 6 heteroatoms. The van der Waals surface area contributed by atoms with Crippen molar-refractivity contribution in [3.8, 4) is 0 Å². The van der Waals surface area contributed by atoms with Crippen molar-refractivity contribution in [2.24, 2.45) is 0 Å². The summed E-state index contributed by atoms with van der Waals surface area (Å²) in [4.78, 5) is 15.4. The molecule has 110 valence electrons. The van der Waals surface area contributed by atoms with E-state index in [1.54, 1.807) is 19.2 Å². The summed E-state index contributed by atoms with van der Waals surface area (Å²) < 4.78 is 4.78. The lowest BCUT2D eigenvalue weighted by Crippen LogP contribution is -2.14. The molecule has 0 aliphatic heterocycles. The first-order valence-electron chi connectivity index (χ1n) is 6.51. The van der Waals surface area contributed by atoms with Gasteiger partial charge in [0.2, 0.25) is 0 Å². The maximum Gasteiger partial charge on any atom is 0.412 e. The summed E-state index contributed by atoms with van der Waals surface area (Å²) in [6.45, 7) is 4.01. The number of pyridine rings is 1. The van der Waals surface area contributed by atoms with Gasteiger partial charge in [0.25, 0.3) is 0 Å². The van der Waals surface area contributed by atoms with E-state index in [-0.39, 0.29) is 0 Å². The zero-order valence-corrected chi connectivity index (χ0v) is 12.6. The molecule has 0 atom stereocenters. The zero-order chi connectivity index (χ0) is 15.2. The Balaban J connectivity index is 2.01. The molecule has 21 heavy (non-hydrogen) atoms. The van der Waals surface area contributed by atoms with Gasteiger partial charge in [0.05, 0.1) is 18.5 Å². The summed E-state index contributed by atoms with van der Waals surface area (Å²) in [5.41, 5.74) is 2.69. The number of nitrogens with one attached hydrogen (secondary N) is 2. The number of carbonyl (C=O) groups excluding carboxylic acids is 1. The maximum atomic E-state index is 11.3. The average Bonchev–Trinajstić information content (AvgIpc) is 2.45. The average molecular weight is 306 g/mol. The van der Waals surface area contributed by atoms with Gasteiger partial charge in [-0.15, -0.1) is 0 Å². The van der Waals surface area contributed by atoms with E-state index in [1.165, 1.54) is 0 Å². The van der Waals surface area contributed by atoms with Crippen molar-refractivity contribution in [3.05, 3.63) is 47.1 Å². The second kappa shape index (κ2) is 6.95. The highest BCUT2D eigenvalue weighted by molar-refractivity contribution is 6.31. The molecule has 0 radical (unpaired) electrons. The highest BCUT2D eigenvalue weighted by Gasteiger charge is 2.03. The van der Waals surface area contributed by atoms with Crippen LogP contribution in [0.2, 0.25) is 5.02 Å². The molecule has 2 rings (SSSR count). The number of nitrogens with zero attached hydrogens (tertiary/aromatic N) is 1. The summed E-state index contributed by atoms with van der Waals surface area (Å²) in [7, 11) is 0. The molecule has 0 unspecified atom stereocenters. The van der Waals surface area contributed by atoms with Crippen molar-refractivity contribution in [1.29, 1.82) is 0 Å². The predicted octanol–water partition coefficient (Wildman–Crippen LogP) is 4.36. The Kier molecular flexibility index (Phi) is 5.00. The van der Waals surface area contributed by atoms with Gasteiger partial charge in [0.1, 0.15) is 5.82 Å². The molecule has 0 saturated carbocycles. The maximum absolute atomic E-state index is 11.3. The van der Waals surface area contributed by atoms with Gasteiger partial charge in [-0.25, -0.2) is 9.78 Å². The molecule has 0 aliphatic rings. The summed E-state index contributed by atoms with van der Waals surface area (Å²) in [6.07, 6.45) is 1.10. The molecular weight excluding hydrogens is 290 g/mol. The Labute approximate surface area is 128 Å². The lowest BCUT2D eigenvalue weighted by Gasteiger charge is -2.09. The van der Waals surface area contributed by atoms with Crippen LogP contribution >= 0.6 is 11.6 Å².